The van der Waals surface area contributed by atoms with Crippen molar-refractivity contribution in [3.63, 3.8) is 0 Å². The predicted molar refractivity (Wildman–Crippen MR) is 135 cm³/mol. The topological polar surface area (TPSA) is 17.0 Å². The van der Waals surface area contributed by atoms with E-state index < -0.39 is 5.54 Å². The van der Waals surface area contributed by atoms with Crippen LogP contribution in [-0.4, -0.2) is 9.94 Å². The summed E-state index contributed by atoms with van der Waals surface area (Å²) in [5.74, 6) is 0. The van der Waals surface area contributed by atoms with Crippen molar-refractivity contribution < 1.29 is 4.57 Å². The van der Waals surface area contributed by atoms with E-state index in [1.807, 2.05) is 26.0 Å². The van der Waals surface area contributed by atoms with Crippen LogP contribution in [0.2, 0.25) is 0 Å². The number of hydrogen-bond acceptors (Lipinski definition) is 0. The lowest BCUT2D eigenvalue weighted by Gasteiger charge is -2.16. The quantitative estimate of drug-likeness (QED) is 0.124. The molecule has 33 heavy (non-hydrogen) atoms. The van der Waals surface area contributed by atoms with E-state index in [4.69, 9.17) is 13.1 Å². The number of rotatable bonds is 2. The first-order valence-electron chi connectivity index (χ1n) is 11.1. The Morgan fingerprint density at radius 2 is 1.76 bits per heavy atom. The predicted octanol–water partition coefficient (Wildman–Crippen LogP) is 6.91. The van der Waals surface area contributed by atoms with Crippen LogP contribution in [0.15, 0.2) is 54.7 Å². The minimum absolute atomic E-state index is 0.454. The van der Waals surface area contributed by atoms with E-state index in [1.54, 1.807) is 0 Å². The van der Waals surface area contributed by atoms with E-state index in [0.29, 0.717) is 12.1 Å². The second-order valence-corrected chi connectivity index (χ2v) is 9.76. The van der Waals surface area contributed by atoms with E-state index in [9.17, 15) is 0 Å². The van der Waals surface area contributed by atoms with Crippen LogP contribution >= 0.6 is 0 Å². The molecule has 6 rings (SSSR count). The maximum atomic E-state index is 7.62. The smallest absolute Gasteiger partial charge is 0.231 e. The lowest BCUT2D eigenvalue weighted by Crippen LogP contribution is -2.29. The highest BCUT2D eigenvalue weighted by Gasteiger charge is 2.27. The molecule has 0 saturated heterocycles. The number of aromatic nitrogens is 2. The Kier molecular flexibility index (Phi) is 3.81. The molecule has 3 aromatic heterocycles. The van der Waals surface area contributed by atoms with Crippen molar-refractivity contribution in [2.45, 2.75) is 32.7 Å². The molecular formula is C29H23N4+. The normalized spacial score (nSPS) is 12.3. The summed E-state index contributed by atoms with van der Waals surface area (Å²) in [4.78, 5) is 7.54. The first-order valence-corrected chi connectivity index (χ1v) is 11.1. The molecule has 0 amide bonds. The molecule has 0 fully saturated rings. The minimum Gasteiger partial charge on any atom is -0.311 e. The summed E-state index contributed by atoms with van der Waals surface area (Å²) in [5.41, 5.74) is 7.30. The highest BCUT2D eigenvalue weighted by molar-refractivity contribution is 6.26. The molecule has 0 bridgehead atoms. The first-order chi connectivity index (χ1) is 15.8. The lowest BCUT2D eigenvalue weighted by atomic mass is 9.92. The molecule has 6 aromatic rings. The van der Waals surface area contributed by atoms with Gasteiger partial charge in [-0.2, -0.15) is 0 Å². The summed E-state index contributed by atoms with van der Waals surface area (Å²) < 4.78 is 4.60. The molecular weight excluding hydrogens is 404 g/mol. The standard InChI is InChI=1S/C29H23N4/c1-17-7-9-21-22-15-20(30-4)8-10-23(22)33-24-14-18(16-29(2,3)31-5)13-19-11-12-32(6)28(26(19)24)25(17)27(21)33/h7-15H,16H2,1-3,6H3/q+1. The lowest BCUT2D eigenvalue weighted by molar-refractivity contribution is -0.643. The molecule has 3 aromatic carbocycles. The molecule has 0 spiro atoms. The van der Waals surface area contributed by atoms with Gasteiger partial charge >= 0.3 is 0 Å². The minimum atomic E-state index is -0.454. The van der Waals surface area contributed by atoms with Crippen molar-refractivity contribution in [3.05, 3.63) is 88.7 Å². The molecule has 0 aliphatic carbocycles. The molecule has 0 N–H and O–H groups in total. The van der Waals surface area contributed by atoms with Gasteiger partial charge in [-0.3, -0.25) is 0 Å². The third kappa shape index (κ3) is 2.58. The maximum absolute atomic E-state index is 7.62. The third-order valence-electron chi connectivity index (χ3n) is 6.94. The third-order valence-corrected chi connectivity index (χ3v) is 6.94. The number of benzene rings is 3. The zero-order valence-electron chi connectivity index (χ0n) is 19.2. The first kappa shape index (κ1) is 19.5. The number of nitrogens with zero attached hydrogens (tertiary/aromatic N) is 4. The summed E-state index contributed by atoms with van der Waals surface area (Å²) in [5, 5.41) is 5.96. The summed E-state index contributed by atoms with van der Waals surface area (Å²) in [7, 11) is 2.11. The van der Waals surface area contributed by atoms with Gasteiger partial charge in [0.25, 0.3) is 0 Å². The molecule has 4 nitrogen and oxygen atoms in total. The van der Waals surface area contributed by atoms with Gasteiger partial charge in [0, 0.05) is 25.3 Å². The molecule has 3 heterocycles. The Labute approximate surface area is 192 Å². The fourth-order valence-corrected chi connectivity index (χ4v) is 5.48. The van der Waals surface area contributed by atoms with Gasteiger partial charge in [-0.05, 0) is 47.0 Å². The Bertz CT molecular complexity index is 1860. The van der Waals surface area contributed by atoms with Gasteiger partial charge in [-0.15, -0.1) is 0 Å². The average molecular weight is 428 g/mol. The van der Waals surface area contributed by atoms with Crippen LogP contribution in [-0.2, 0) is 13.5 Å². The fourth-order valence-electron chi connectivity index (χ4n) is 5.48. The monoisotopic (exact) mass is 427 g/mol. The van der Waals surface area contributed by atoms with Crippen molar-refractivity contribution in [2.24, 2.45) is 7.05 Å². The molecule has 4 heteroatoms. The van der Waals surface area contributed by atoms with Crippen LogP contribution < -0.4 is 4.57 Å². The molecule has 0 saturated carbocycles. The van der Waals surface area contributed by atoms with Gasteiger partial charge < -0.3 is 9.25 Å². The van der Waals surface area contributed by atoms with Crippen molar-refractivity contribution >= 4 is 54.7 Å². The van der Waals surface area contributed by atoms with Crippen molar-refractivity contribution in [2.75, 3.05) is 0 Å². The Hall–Kier alpha value is -4.15. The van der Waals surface area contributed by atoms with Crippen LogP contribution in [0.1, 0.15) is 25.0 Å². The zero-order chi connectivity index (χ0) is 23.1. The Morgan fingerprint density at radius 3 is 2.52 bits per heavy atom. The summed E-state index contributed by atoms with van der Waals surface area (Å²) in [6.45, 7) is 21.3. The van der Waals surface area contributed by atoms with E-state index >= 15 is 0 Å². The fraction of sp³-hybridized carbons (Fsp3) is 0.207. The summed E-state index contributed by atoms with van der Waals surface area (Å²) >= 11 is 0. The molecule has 0 atom stereocenters. The maximum Gasteiger partial charge on any atom is 0.231 e. The highest BCUT2D eigenvalue weighted by Crippen LogP contribution is 2.42. The Morgan fingerprint density at radius 1 is 0.939 bits per heavy atom. The SMILES string of the molecule is [C-]#[N+]c1ccc2c(c1)c1ccc(C)c3c1n2c1cc(CC(C)(C)[N+]#[C-])cc2cc[n+](C)c3c21. The van der Waals surface area contributed by atoms with Crippen LogP contribution in [0.25, 0.3) is 58.7 Å². The van der Waals surface area contributed by atoms with E-state index in [-0.39, 0.29) is 0 Å². The van der Waals surface area contributed by atoms with E-state index in [2.05, 4.69) is 75.2 Å². The van der Waals surface area contributed by atoms with Crippen LogP contribution in [0.3, 0.4) is 0 Å². The van der Waals surface area contributed by atoms with Gasteiger partial charge in [0.05, 0.1) is 40.3 Å². The van der Waals surface area contributed by atoms with Crippen molar-refractivity contribution in [3.8, 4) is 0 Å². The molecule has 0 aliphatic rings. The summed E-state index contributed by atoms with van der Waals surface area (Å²) in [6.07, 6.45) is 2.83. The van der Waals surface area contributed by atoms with E-state index in [0.717, 1.165) is 16.4 Å². The Balaban J connectivity index is 1.93. The van der Waals surface area contributed by atoms with Gasteiger partial charge in [0.15, 0.2) is 11.9 Å². The molecule has 0 radical (unpaired) electrons. The average Bonchev–Trinajstić information content (AvgIpc) is 3.13. The number of pyridine rings is 2. The second-order valence-electron chi connectivity index (χ2n) is 9.76. The largest absolute Gasteiger partial charge is 0.311 e. The van der Waals surface area contributed by atoms with Crippen molar-refractivity contribution in [1.82, 2.24) is 4.40 Å². The molecule has 0 unspecified atom stereocenters. The molecule has 0 aliphatic heterocycles. The highest BCUT2D eigenvalue weighted by atomic mass is 15.0. The zero-order valence-corrected chi connectivity index (χ0v) is 19.2. The van der Waals surface area contributed by atoms with Gasteiger partial charge in [-0.25, -0.2) is 16.0 Å². The van der Waals surface area contributed by atoms with Crippen molar-refractivity contribution in [1.29, 1.82) is 0 Å². The number of hydrogen-bond donors (Lipinski definition) is 0. The number of fused-ring (bicyclic) bond motifs is 5. The van der Waals surface area contributed by atoms with Gasteiger partial charge in [0.2, 0.25) is 11.1 Å². The van der Waals surface area contributed by atoms with Gasteiger partial charge in [0.1, 0.15) is 7.05 Å². The van der Waals surface area contributed by atoms with Gasteiger partial charge in [-0.1, -0.05) is 24.3 Å². The number of aryl methyl sites for hydroxylation is 2. The summed E-state index contributed by atoms with van der Waals surface area (Å²) in [6, 6.07) is 17.1. The second kappa shape index (κ2) is 6.44. The van der Waals surface area contributed by atoms with Crippen LogP contribution in [0.5, 0.6) is 0 Å². The molecule has 158 valence electrons. The van der Waals surface area contributed by atoms with Crippen LogP contribution in [0.4, 0.5) is 5.69 Å². The van der Waals surface area contributed by atoms with E-state index in [1.165, 1.54) is 43.7 Å². The van der Waals surface area contributed by atoms with Crippen LogP contribution in [0, 0.1) is 20.1 Å².